The number of aliphatic hydroxyl groups is 1. The van der Waals surface area contributed by atoms with Crippen molar-refractivity contribution in [3.8, 4) is 0 Å². The predicted molar refractivity (Wildman–Crippen MR) is 65.5 cm³/mol. The zero-order valence-corrected chi connectivity index (χ0v) is 11.7. The highest BCUT2D eigenvalue weighted by Crippen LogP contribution is 2.40. The standard InChI is InChI=1S/C13H21F3O3/c1-6-12(7-2,19-10(17)9(3)4)8-11(5,18)13(14,15)16/h18H,3,6-8H2,1-2,4-5H3. The molecule has 0 saturated heterocycles. The third-order valence-electron chi connectivity index (χ3n) is 3.22. The topological polar surface area (TPSA) is 46.5 Å². The Balaban J connectivity index is 5.21. The molecule has 0 aliphatic carbocycles. The molecule has 0 spiro atoms. The summed E-state index contributed by atoms with van der Waals surface area (Å²) in [7, 11) is 0. The van der Waals surface area contributed by atoms with Crippen LogP contribution in [0.4, 0.5) is 13.2 Å². The van der Waals surface area contributed by atoms with Crippen molar-refractivity contribution in [1.29, 1.82) is 0 Å². The molecule has 0 fully saturated rings. The van der Waals surface area contributed by atoms with Crippen LogP contribution in [0, 0.1) is 0 Å². The molecule has 0 aromatic rings. The zero-order valence-electron chi connectivity index (χ0n) is 11.7. The van der Waals surface area contributed by atoms with Gasteiger partial charge in [-0.2, -0.15) is 13.2 Å². The molecule has 0 bridgehead atoms. The number of rotatable bonds is 6. The summed E-state index contributed by atoms with van der Waals surface area (Å²) < 4.78 is 43.3. The fraction of sp³-hybridized carbons (Fsp3) is 0.769. The quantitative estimate of drug-likeness (QED) is 0.600. The van der Waals surface area contributed by atoms with Gasteiger partial charge in [-0.3, -0.25) is 0 Å². The third kappa shape index (κ3) is 4.53. The first-order chi connectivity index (χ1) is 8.41. The van der Waals surface area contributed by atoms with Crippen molar-refractivity contribution in [3.63, 3.8) is 0 Å². The molecule has 6 heteroatoms. The summed E-state index contributed by atoms with van der Waals surface area (Å²) in [6.45, 7) is 8.72. The number of hydrogen-bond donors (Lipinski definition) is 1. The second kappa shape index (κ2) is 5.94. The Morgan fingerprint density at radius 3 is 1.95 bits per heavy atom. The maximum absolute atomic E-state index is 12.7. The summed E-state index contributed by atoms with van der Waals surface area (Å²) in [6.07, 6.45) is -5.13. The molecule has 112 valence electrons. The van der Waals surface area contributed by atoms with Gasteiger partial charge in [-0.1, -0.05) is 20.4 Å². The molecular formula is C13H21F3O3. The largest absolute Gasteiger partial charge is 0.456 e. The Hall–Kier alpha value is -1.04. The second-order valence-corrected chi connectivity index (χ2v) is 5.01. The van der Waals surface area contributed by atoms with Gasteiger partial charge >= 0.3 is 12.1 Å². The molecule has 1 N–H and O–H groups in total. The fourth-order valence-electron chi connectivity index (χ4n) is 1.69. The molecule has 0 heterocycles. The third-order valence-corrected chi connectivity index (χ3v) is 3.22. The molecule has 1 unspecified atom stereocenters. The second-order valence-electron chi connectivity index (χ2n) is 5.01. The van der Waals surface area contributed by atoms with Crippen LogP contribution in [0.25, 0.3) is 0 Å². The van der Waals surface area contributed by atoms with Crippen LogP contribution >= 0.6 is 0 Å². The van der Waals surface area contributed by atoms with Crippen molar-refractivity contribution in [3.05, 3.63) is 12.2 Å². The zero-order chi connectivity index (χ0) is 15.5. The highest BCUT2D eigenvalue weighted by atomic mass is 19.4. The Morgan fingerprint density at radius 2 is 1.68 bits per heavy atom. The number of carbonyl (C=O) groups is 1. The Bertz CT molecular complexity index is 342. The van der Waals surface area contributed by atoms with Gasteiger partial charge in [0.2, 0.25) is 0 Å². The SMILES string of the molecule is C=C(C)C(=O)OC(CC)(CC)CC(C)(O)C(F)(F)F. The summed E-state index contributed by atoms with van der Waals surface area (Å²) in [5.41, 5.74) is -4.15. The number of esters is 1. The van der Waals surface area contributed by atoms with E-state index in [0.717, 1.165) is 0 Å². The van der Waals surface area contributed by atoms with Crippen molar-refractivity contribution in [2.75, 3.05) is 0 Å². The van der Waals surface area contributed by atoms with Crippen LogP contribution in [0.2, 0.25) is 0 Å². The highest BCUT2D eigenvalue weighted by molar-refractivity contribution is 5.87. The lowest BCUT2D eigenvalue weighted by Gasteiger charge is -2.38. The van der Waals surface area contributed by atoms with Gasteiger partial charge in [-0.25, -0.2) is 4.79 Å². The lowest BCUT2D eigenvalue weighted by atomic mass is 9.83. The van der Waals surface area contributed by atoms with E-state index in [1.165, 1.54) is 6.92 Å². The van der Waals surface area contributed by atoms with Crippen molar-refractivity contribution < 1.29 is 27.8 Å². The van der Waals surface area contributed by atoms with Gasteiger partial charge in [0.1, 0.15) is 5.60 Å². The number of halogens is 3. The number of hydrogen-bond acceptors (Lipinski definition) is 3. The van der Waals surface area contributed by atoms with Crippen LogP contribution in [-0.2, 0) is 9.53 Å². The predicted octanol–water partition coefficient (Wildman–Crippen LogP) is 3.37. The monoisotopic (exact) mass is 282 g/mol. The molecule has 3 nitrogen and oxygen atoms in total. The number of carbonyl (C=O) groups excluding carboxylic acids is 1. The Labute approximate surface area is 111 Å². The minimum atomic E-state index is -4.78. The van der Waals surface area contributed by atoms with E-state index in [4.69, 9.17) is 4.74 Å². The average molecular weight is 282 g/mol. The van der Waals surface area contributed by atoms with E-state index in [-0.39, 0.29) is 18.4 Å². The van der Waals surface area contributed by atoms with Crippen LogP contribution < -0.4 is 0 Å². The molecule has 1 atom stereocenters. The fourth-order valence-corrected chi connectivity index (χ4v) is 1.69. The van der Waals surface area contributed by atoms with E-state index < -0.39 is 29.8 Å². The van der Waals surface area contributed by atoms with Gasteiger partial charge in [-0.15, -0.1) is 0 Å². The van der Waals surface area contributed by atoms with E-state index in [9.17, 15) is 23.1 Å². The summed E-state index contributed by atoms with van der Waals surface area (Å²) in [5.74, 6) is -0.748. The van der Waals surface area contributed by atoms with Crippen molar-refractivity contribution in [2.45, 2.75) is 64.3 Å². The smallest absolute Gasteiger partial charge is 0.417 e. The van der Waals surface area contributed by atoms with E-state index in [1.54, 1.807) is 13.8 Å². The van der Waals surface area contributed by atoms with E-state index in [0.29, 0.717) is 6.92 Å². The molecule has 0 amide bonds. The molecule has 0 aromatic heterocycles. The van der Waals surface area contributed by atoms with Gasteiger partial charge in [0, 0.05) is 12.0 Å². The Morgan fingerprint density at radius 1 is 1.26 bits per heavy atom. The first kappa shape index (κ1) is 18.0. The minimum Gasteiger partial charge on any atom is -0.456 e. The number of alkyl halides is 3. The molecule has 0 aliphatic rings. The maximum atomic E-state index is 12.7. The van der Waals surface area contributed by atoms with E-state index >= 15 is 0 Å². The Kier molecular flexibility index (Phi) is 5.62. The summed E-state index contributed by atoms with van der Waals surface area (Å²) in [5, 5.41) is 9.56. The molecule has 0 radical (unpaired) electrons. The maximum Gasteiger partial charge on any atom is 0.417 e. The molecule has 19 heavy (non-hydrogen) atoms. The minimum absolute atomic E-state index is 0.109. The van der Waals surface area contributed by atoms with Crippen molar-refractivity contribution in [1.82, 2.24) is 0 Å². The lowest BCUT2D eigenvalue weighted by Crippen LogP contribution is -2.50. The molecule has 0 saturated carbocycles. The van der Waals surface area contributed by atoms with E-state index in [1.807, 2.05) is 0 Å². The van der Waals surface area contributed by atoms with Gasteiger partial charge < -0.3 is 9.84 Å². The summed E-state index contributed by atoms with van der Waals surface area (Å²) >= 11 is 0. The molecular weight excluding hydrogens is 261 g/mol. The van der Waals surface area contributed by atoms with Crippen molar-refractivity contribution >= 4 is 5.97 Å². The molecule has 0 rings (SSSR count). The van der Waals surface area contributed by atoms with Crippen LogP contribution in [-0.4, -0.2) is 28.5 Å². The average Bonchev–Trinajstić information content (AvgIpc) is 2.25. The van der Waals surface area contributed by atoms with E-state index in [2.05, 4.69) is 6.58 Å². The first-order valence-corrected chi connectivity index (χ1v) is 6.08. The van der Waals surface area contributed by atoms with Crippen LogP contribution in [0.3, 0.4) is 0 Å². The number of ether oxygens (including phenoxy) is 1. The van der Waals surface area contributed by atoms with Gasteiger partial charge in [0.05, 0.1) is 0 Å². The first-order valence-electron chi connectivity index (χ1n) is 6.08. The summed E-state index contributed by atoms with van der Waals surface area (Å²) in [4.78, 5) is 11.5. The van der Waals surface area contributed by atoms with Gasteiger partial charge in [0.15, 0.2) is 5.60 Å². The van der Waals surface area contributed by atoms with Crippen LogP contribution in [0.15, 0.2) is 12.2 Å². The highest BCUT2D eigenvalue weighted by Gasteiger charge is 2.54. The summed E-state index contributed by atoms with van der Waals surface area (Å²) in [6, 6.07) is 0. The van der Waals surface area contributed by atoms with Gasteiger partial charge in [-0.05, 0) is 26.7 Å². The van der Waals surface area contributed by atoms with Crippen LogP contribution in [0.5, 0.6) is 0 Å². The van der Waals surface area contributed by atoms with Crippen LogP contribution in [0.1, 0.15) is 47.0 Å². The normalized spacial score (nSPS) is 15.8. The molecule has 0 aliphatic heterocycles. The van der Waals surface area contributed by atoms with Crippen molar-refractivity contribution in [2.24, 2.45) is 0 Å². The van der Waals surface area contributed by atoms with Gasteiger partial charge in [0.25, 0.3) is 0 Å². The lowest BCUT2D eigenvalue weighted by molar-refractivity contribution is -0.269. The molecule has 0 aromatic carbocycles.